The molecule has 1 amide bonds. The van der Waals surface area contributed by atoms with E-state index in [1.165, 1.54) is 16.8 Å². The Hall–Kier alpha value is -2.08. The van der Waals surface area contributed by atoms with Gasteiger partial charge < -0.3 is 4.90 Å². The summed E-state index contributed by atoms with van der Waals surface area (Å²) in [6.07, 6.45) is 0.914. The highest BCUT2D eigenvalue weighted by molar-refractivity contribution is 8.00. The predicted octanol–water partition coefficient (Wildman–Crippen LogP) is 2.31. The molecular weight excluding hydrogens is 298 g/mol. The molecule has 1 aliphatic heterocycles. The van der Waals surface area contributed by atoms with Crippen LogP contribution < -0.4 is 10.5 Å². The van der Waals surface area contributed by atoms with Crippen LogP contribution in [0.1, 0.15) is 23.8 Å². The van der Waals surface area contributed by atoms with Crippen LogP contribution in [0.3, 0.4) is 0 Å². The van der Waals surface area contributed by atoms with Gasteiger partial charge >= 0.3 is 0 Å². The molecule has 0 spiro atoms. The molecule has 0 bridgehead atoms. The van der Waals surface area contributed by atoms with Gasteiger partial charge in [0.1, 0.15) is 5.69 Å². The second-order valence-electron chi connectivity index (χ2n) is 5.32. The Labute approximate surface area is 132 Å². The first-order chi connectivity index (χ1) is 10.6. The number of rotatable bonds is 1. The molecule has 22 heavy (non-hydrogen) atoms. The van der Waals surface area contributed by atoms with Crippen molar-refractivity contribution < 1.29 is 4.79 Å². The molecule has 0 unspecified atom stereocenters. The third-order valence-electron chi connectivity index (χ3n) is 3.67. The average molecular weight is 315 g/mol. The van der Waals surface area contributed by atoms with Crippen molar-refractivity contribution in [2.75, 3.05) is 11.4 Å². The van der Waals surface area contributed by atoms with Crippen molar-refractivity contribution >= 4 is 23.4 Å². The number of aryl methyl sites for hydroxylation is 1. The second kappa shape index (κ2) is 5.96. The van der Waals surface area contributed by atoms with Gasteiger partial charge in [0.05, 0.1) is 5.69 Å². The highest BCUT2D eigenvalue weighted by Crippen LogP contribution is 2.37. The first-order valence-electron chi connectivity index (χ1n) is 7.18. The molecule has 3 rings (SSSR count). The van der Waals surface area contributed by atoms with E-state index in [0.29, 0.717) is 11.8 Å². The molecule has 114 valence electrons. The van der Waals surface area contributed by atoms with E-state index in [9.17, 15) is 9.59 Å². The molecule has 6 heteroatoms. The van der Waals surface area contributed by atoms with Gasteiger partial charge in [0.15, 0.2) is 0 Å². The fourth-order valence-corrected chi connectivity index (χ4v) is 3.57. The minimum absolute atomic E-state index is 0.169. The lowest BCUT2D eigenvalue weighted by Gasteiger charge is -2.22. The topological polar surface area (TPSA) is 55.2 Å². The minimum atomic E-state index is -0.225. The van der Waals surface area contributed by atoms with E-state index in [0.717, 1.165) is 17.0 Å². The number of carbonyl (C=O) groups excluding carboxylic acids is 1. The smallest absolute Gasteiger partial charge is 0.278 e. The summed E-state index contributed by atoms with van der Waals surface area (Å²) in [7, 11) is 1.55. The van der Waals surface area contributed by atoms with Crippen molar-refractivity contribution in [3.8, 4) is 0 Å². The molecule has 1 atom stereocenters. The molecule has 0 saturated carbocycles. The molecule has 0 saturated heterocycles. The van der Waals surface area contributed by atoms with Crippen LogP contribution in [0.4, 0.5) is 5.69 Å². The molecular formula is C16H17N3O2S. The van der Waals surface area contributed by atoms with Crippen LogP contribution in [0.5, 0.6) is 0 Å². The number of benzene rings is 1. The highest BCUT2D eigenvalue weighted by Gasteiger charge is 2.25. The lowest BCUT2D eigenvalue weighted by atomic mass is 10.2. The van der Waals surface area contributed by atoms with Crippen LogP contribution in [0, 0.1) is 0 Å². The molecule has 0 aliphatic carbocycles. The zero-order valence-corrected chi connectivity index (χ0v) is 13.3. The summed E-state index contributed by atoms with van der Waals surface area (Å²) >= 11 is 1.79. The molecule has 1 aromatic heterocycles. The number of amides is 1. The SMILES string of the molecule is C[C@@H]1CCN(C(=O)c2ccc(=O)n(C)n2)c2ccccc2S1. The lowest BCUT2D eigenvalue weighted by molar-refractivity contribution is 0.0979. The first-order valence-corrected chi connectivity index (χ1v) is 8.06. The summed E-state index contributed by atoms with van der Waals surface area (Å²) in [5.74, 6) is -0.169. The van der Waals surface area contributed by atoms with Gasteiger partial charge in [0.25, 0.3) is 11.5 Å². The van der Waals surface area contributed by atoms with E-state index in [1.807, 2.05) is 24.3 Å². The Bertz CT molecular complexity index is 772. The van der Waals surface area contributed by atoms with Crippen LogP contribution in [0.25, 0.3) is 0 Å². The van der Waals surface area contributed by atoms with Crippen LogP contribution >= 0.6 is 11.8 Å². The van der Waals surface area contributed by atoms with E-state index in [-0.39, 0.29) is 17.2 Å². The van der Waals surface area contributed by atoms with Gasteiger partial charge in [-0.05, 0) is 24.6 Å². The zero-order valence-electron chi connectivity index (χ0n) is 12.5. The Balaban J connectivity index is 2.01. The van der Waals surface area contributed by atoms with Crippen LogP contribution in [0.2, 0.25) is 0 Å². The Morgan fingerprint density at radius 1 is 1.27 bits per heavy atom. The Kier molecular flexibility index (Phi) is 4.02. The number of anilines is 1. The fraction of sp³-hybridized carbons (Fsp3) is 0.312. The average Bonchev–Trinajstić information content (AvgIpc) is 2.67. The van der Waals surface area contributed by atoms with Crippen molar-refractivity contribution in [1.82, 2.24) is 9.78 Å². The number of thioether (sulfide) groups is 1. The third kappa shape index (κ3) is 2.78. The molecule has 2 heterocycles. The normalized spacial score (nSPS) is 17.7. The number of nitrogens with zero attached hydrogens (tertiary/aromatic N) is 3. The standard InChI is InChI=1S/C16H17N3O2S/c1-11-9-10-19(13-5-3-4-6-14(13)22-11)16(21)12-7-8-15(20)18(2)17-12/h3-8,11H,9-10H2,1-2H3/t11-/m1/s1. The van der Waals surface area contributed by atoms with Gasteiger partial charge in [-0.25, -0.2) is 4.68 Å². The van der Waals surface area contributed by atoms with Crippen molar-refractivity contribution in [2.24, 2.45) is 7.05 Å². The first kappa shape index (κ1) is 14.8. The van der Waals surface area contributed by atoms with E-state index >= 15 is 0 Å². The summed E-state index contributed by atoms with van der Waals surface area (Å²) in [6, 6.07) is 10.8. The van der Waals surface area contributed by atoms with Gasteiger partial charge in [-0.2, -0.15) is 5.10 Å². The quantitative estimate of drug-likeness (QED) is 0.810. The largest absolute Gasteiger partial charge is 0.306 e. The maximum Gasteiger partial charge on any atom is 0.278 e. The summed E-state index contributed by atoms with van der Waals surface area (Å²) < 4.78 is 1.19. The number of para-hydroxylation sites is 1. The monoisotopic (exact) mass is 315 g/mol. The number of hydrogen-bond acceptors (Lipinski definition) is 4. The molecule has 2 aromatic rings. The van der Waals surface area contributed by atoms with Gasteiger partial charge in [0.2, 0.25) is 0 Å². The molecule has 0 radical (unpaired) electrons. The molecule has 0 fully saturated rings. The summed E-state index contributed by atoms with van der Waals surface area (Å²) in [5, 5.41) is 4.53. The minimum Gasteiger partial charge on any atom is -0.306 e. The van der Waals surface area contributed by atoms with E-state index < -0.39 is 0 Å². The van der Waals surface area contributed by atoms with Crippen LogP contribution in [-0.2, 0) is 7.05 Å². The number of carbonyl (C=O) groups is 1. The number of fused-ring (bicyclic) bond motifs is 1. The molecule has 0 N–H and O–H groups in total. The highest BCUT2D eigenvalue weighted by atomic mass is 32.2. The van der Waals surface area contributed by atoms with E-state index in [1.54, 1.807) is 23.7 Å². The zero-order chi connectivity index (χ0) is 15.7. The predicted molar refractivity (Wildman–Crippen MR) is 87.5 cm³/mol. The lowest BCUT2D eigenvalue weighted by Crippen LogP contribution is -2.34. The van der Waals surface area contributed by atoms with E-state index in [4.69, 9.17) is 0 Å². The van der Waals surface area contributed by atoms with Crippen molar-refractivity contribution in [1.29, 1.82) is 0 Å². The van der Waals surface area contributed by atoms with E-state index in [2.05, 4.69) is 12.0 Å². The Morgan fingerprint density at radius 3 is 2.82 bits per heavy atom. The Morgan fingerprint density at radius 2 is 2.05 bits per heavy atom. The summed E-state index contributed by atoms with van der Waals surface area (Å²) in [4.78, 5) is 27.1. The van der Waals surface area contributed by atoms with Crippen molar-refractivity contribution in [2.45, 2.75) is 23.5 Å². The third-order valence-corrected chi connectivity index (χ3v) is 4.91. The number of hydrogen-bond donors (Lipinski definition) is 0. The van der Waals surface area contributed by atoms with Crippen molar-refractivity contribution in [3.05, 3.63) is 52.4 Å². The molecule has 1 aliphatic rings. The maximum absolute atomic E-state index is 12.8. The number of aromatic nitrogens is 2. The van der Waals surface area contributed by atoms with Gasteiger partial charge in [-0.3, -0.25) is 9.59 Å². The molecule has 1 aromatic carbocycles. The van der Waals surface area contributed by atoms with Gasteiger partial charge in [0, 0.05) is 29.8 Å². The van der Waals surface area contributed by atoms with Crippen molar-refractivity contribution in [3.63, 3.8) is 0 Å². The maximum atomic E-state index is 12.8. The molecule has 5 nitrogen and oxygen atoms in total. The van der Waals surface area contributed by atoms with Crippen LogP contribution in [0.15, 0.2) is 46.1 Å². The van der Waals surface area contributed by atoms with Crippen LogP contribution in [-0.4, -0.2) is 27.5 Å². The summed E-state index contributed by atoms with van der Waals surface area (Å²) in [6.45, 7) is 2.81. The fourth-order valence-electron chi connectivity index (χ4n) is 2.45. The summed E-state index contributed by atoms with van der Waals surface area (Å²) in [5.41, 5.74) is 0.978. The second-order valence-corrected chi connectivity index (χ2v) is 6.80. The van der Waals surface area contributed by atoms with Gasteiger partial charge in [-0.1, -0.05) is 19.1 Å². The van der Waals surface area contributed by atoms with Gasteiger partial charge in [-0.15, -0.1) is 11.8 Å².